The molecule has 20 heavy (non-hydrogen) atoms. The zero-order valence-electron chi connectivity index (χ0n) is 11.7. The van der Waals surface area contributed by atoms with Gasteiger partial charge in [0, 0.05) is 13.1 Å². The van der Waals surface area contributed by atoms with Crippen molar-refractivity contribution in [3.05, 3.63) is 29.8 Å². The largest absolute Gasteiger partial charge is 0.481 e. The summed E-state index contributed by atoms with van der Waals surface area (Å²) in [7, 11) is 0. The van der Waals surface area contributed by atoms with Gasteiger partial charge in [-0.2, -0.15) is 0 Å². The molecule has 1 N–H and O–H groups in total. The van der Waals surface area contributed by atoms with Gasteiger partial charge in [0.05, 0.1) is 5.92 Å². The molecule has 0 aliphatic carbocycles. The molecule has 0 bridgehead atoms. The Balaban J connectivity index is 1.92. The molecule has 0 saturated carbocycles. The van der Waals surface area contributed by atoms with E-state index in [-0.39, 0.29) is 12.5 Å². The minimum atomic E-state index is -0.840. The number of carboxylic acid groups (broad SMARTS) is 1. The smallest absolute Gasteiger partial charge is 0.308 e. The number of carboxylic acids is 1. The number of nitrogens with zero attached hydrogens (tertiary/aromatic N) is 1. The van der Waals surface area contributed by atoms with Crippen LogP contribution in [0.15, 0.2) is 24.3 Å². The van der Waals surface area contributed by atoms with Crippen LogP contribution in [0.4, 0.5) is 0 Å². The Bertz CT molecular complexity index is 497. The normalized spacial score (nSPS) is 19.7. The van der Waals surface area contributed by atoms with Crippen molar-refractivity contribution in [2.45, 2.75) is 26.4 Å². The Morgan fingerprint density at radius 2 is 2.00 bits per heavy atom. The van der Waals surface area contributed by atoms with E-state index < -0.39 is 18.0 Å². The van der Waals surface area contributed by atoms with E-state index in [0.717, 1.165) is 5.56 Å². The summed E-state index contributed by atoms with van der Waals surface area (Å²) in [5, 5.41) is 8.94. The van der Waals surface area contributed by atoms with Crippen LogP contribution in [0.25, 0.3) is 0 Å². The number of amides is 1. The highest BCUT2D eigenvalue weighted by Crippen LogP contribution is 2.19. The predicted molar refractivity (Wildman–Crippen MR) is 73.6 cm³/mol. The second-order valence-corrected chi connectivity index (χ2v) is 5.18. The molecule has 0 aromatic heterocycles. The second kappa shape index (κ2) is 5.94. The van der Waals surface area contributed by atoms with E-state index in [1.165, 1.54) is 0 Å². The summed E-state index contributed by atoms with van der Waals surface area (Å²) in [6.07, 6.45) is -0.0940. The fraction of sp³-hybridized carbons (Fsp3) is 0.467. The van der Waals surface area contributed by atoms with Crippen molar-refractivity contribution < 1.29 is 19.4 Å². The van der Waals surface area contributed by atoms with Gasteiger partial charge in [-0.25, -0.2) is 0 Å². The third kappa shape index (κ3) is 3.29. The second-order valence-electron chi connectivity index (χ2n) is 5.18. The van der Waals surface area contributed by atoms with Gasteiger partial charge in [0.2, 0.25) is 0 Å². The minimum Gasteiger partial charge on any atom is -0.481 e. The number of carbonyl (C=O) groups is 2. The van der Waals surface area contributed by atoms with Crippen LogP contribution >= 0.6 is 0 Å². The van der Waals surface area contributed by atoms with Gasteiger partial charge >= 0.3 is 5.97 Å². The van der Waals surface area contributed by atoms with Crippen molar-refractivity contribution >= 4 is 11.9 Å². The molecule has 5 heteroatoms. The molecule has 5 nitrogen and oxygen atoms in total. The van der Waals surface area contributed by atoms with E-state index in [1.54, 1.807) is 11.8 Å². The molecule has 1 aliphatic heterocycles. The lowest BCUT2D eigenvalue weighted by Crippen LogP contribution is -2.39. The number of benzene rings is 1. The van der Waals surface area contributed by atoms with Crippen molar-refractivity contribution in [2.24, 2.45) is 5.92 Å². The van der Waals surface area contributed by atoms with Crippen LogP contribution in [0, 0.1) is 12.8 Å². The number of aliphatic carboxylic acids is 1. The predicted octanol–water partition coefficient (Wildman–Crippen LogP) is 1.70. The first kappa shape index (κ1) is 14.4. The third-order valence-corrected chi connectivity index (χ3v) is 3.53. The van der Waals surface area contributed by atoms with Gasteiger partial charge in [-0.1, -0.05) is 17.7 Å². The van der Waals surface area contributed by atoms with Crippen molar-refractivity contribution in [1.82, 2.24) is 4.90 Å². The molecule has 1 aromatic rings. The molecule has 1 heterocycles. The maximum absolute atomic E-state index is 12.2. The summed E-state index contributed by atoms with van der Waals surface area (Å²) in [6, 6.07) is 7.48. The van der Waals surface area contributed by atoms with E-state index in [9.17, 15) is 9.59 Å². The van der Waals surface area contributed by atoms with Crippen LogP contribution in [-0.4, -0.2) is 41.1 Å². The van der Waals surface area contributed by atoms with E-state index >= 15 is 0 Å². The van der Waals surface area contributed by atoms with Gasteiger partial charge in [0.15, 0.2) is 6.10 Å². The van der Waals surface area contributed by atoms with Crippen molar-refractivity contribution in [3.8, 4) is 5.75 Å². The standard InChI is InChI=1S/C15H19NO4/c1-10-3-5-13(6-4-10)20-11(2)14(17)16-8-7-12(9-16)15(18)19/h3-6,11-12H,7-9H2,1-2H3,(H,18,19)/t11-,12-/m0/s1. The van der Waals surface area contributed by atoms with Gasteiger partial charge in [0.1, 0.15) is 5.75 Å². The Kier molecular flexibility index (Phi) is 4.27. The summed E-state index contributed by atoms with van der Waals surface area (Å²) in [5.74, 6) is -0.808. The maximum Gasteiger partial charge on any atom is 0.308 e. The van der Waals surface area contributed by atoms with Crippen LogP contribution in [-0.2, 0) is 9.59 Å². The van der Waals surface area contributed by atoms with Gasteiger partial charge in [-0.3, -0.25) is 9.59 Å². The first-order valence-corrected chi connectivity index (χ1v) is 6.72. The maximum atomic E-state index is 12.2. The molecule has 1 fully saturated rings. The number of hydrogen-bond acceptors (Lipinski definition) is 3. The summed E-state index contributed by atoms with van der Waals surface area (Å²) in [4.78, 5) is 24.7. The molecule has 0 radical (unpaired) electrons. The van der Waals surface area contributed by atoms with E-state index in [4.69, 9.17) is 9.84 Å². The van der Waals surface area contributed by atoms with Crippen molar-refractivity contribution in [2.75, 3.05) is 13.1 Å². The molecular weight excluding hydrogens is 258 g/mol. The Hall–Kier alpha value is -2.04. The molecule has 1 saturated heterocycles. The summed E-state index contributed by atoms with van der Waals surface area (Å²) in [5.41, 5.74) is 1.13. The quantitative estimate of drug-likeness (QED) is 0.909. The zero-order chi connectivity index (χ0) is 14.7. The molecule has 1 amide bonds. The molecule has 1 aromatic carbocycles. The van der Waals surface area contributed by atoms with E-state index in [1.807, 2.05) is 31.2 Å². The highest BCUT2D eigenvalue weighted by molar-refractivity contribution is 5.82. The zero-order valence-corrected chi connectivity index (χ0v) is 11.7. The summed E-state index contributed by atoms with van der Waals surface area (Å²) < 4.78 is 5.60. The number of ether oxygens (including phenoxy) is 1. The minimum absolute atomic E-state index is 0.158. The lowest BCUT2D eigenvalue weighted by molar-refractivity contribution is -0.142. The van der Waals surface area contributed by atoms with Gasteiger partial charge in [0.25, 0.3) is 5.91 Å². The number of aryl methyl sites for hydroxylation is 1. The van der Waals surface area contributed by atoms with Crippen molar-refractivity contribution in [3.63, 3.8) is 0 Å². The van der Waals surface area contributed by atoms with E-state index in [0.29, 0.717) is 18.7 Å². The molecular formula is C15H19NO4. The lowest BCUT2D eigenvalue weighted by atomic mass is 10.1. The van der Waals surface area contributed by atoms with Crippen LogP contribution in [0.1, 0.15) is 18.9 Å². The molecule has 1 aliphatic rings. The SMILES string of the molecule is Cc1ccc(O[C@@H](C)C(=O)N2CC[C@H](C(=O)O)C2)cc1. The fourth-order valence-corrected chi connectivity index (χ4v) is 2.29. The van der Waals surface area contributed by atoms with Gasteiger partial charge < -0.3 is 14.7 Å². The number of rotatable bonds is 4. The molecule has 2 rings (SSSR count). The molecule has 0 unspecified atom stereocenters. The first-order chi connectivity index (χ1) is 9.47. The summed E-state index contributed by atoms with van der Waals surface area (Å²) in [6.45, 7) is 4.43. The monoisotopic (exact) mass is 277 g/mol. The van der Waals surface area contributed by atoms with Gasteiger partial charge in [-0.05, 0) is 32.4 Å². The molecule has 108 valence electrons. The van der Waals surface area contributed by atoms with Crippen LogP contribution < -0.4 is 4.74 Å². The van der Waals surface area contributed by atoms with Gasteiger partial charge in [-0.15, -0.1) is 0 Å². The first-order valence-electron chi connectivity index (χ1n) is 6.72. The third-order valence-electron chi connectivity index (χ3n) is 3.53. The van der Waals surface area contributed by atoms with Crippen LogP contribution in [0.5, 0.6) is 5.75 Å². The highest BCUT2D eigenvalue weighted by atomic mass is 16.5. The topological polar surface area (TPSA) is 66.8 Å². The summed E-state index contributed by atoms with van der Waals surface area (Å²) >= 11 is 0. The highest BCUT2D eigenvalue weighted by Gasteiger charge is 2.33. The average molecular weight is 277 g/mol. The van der Waals surface area contributed by atoms with Crippen LogP contribution in [0.3, 0.4) is 0 Å². The average Bonchev–Trinajstić information content (AvgIpc) is 2.90. The van der Waals surface area contributed by atoms with E-state index in [2.05, 4.69) is 0 Å². The number of hydrogen-bond donors (Lipinski definition) is 1. The molecule has 0 spiro atoms. The van der Waals surface area contributed by atoms with Crippen molar-refractivity contribution in [1.29, 1.82) is 0 Å². The number of carbonyl (C=O) groups excluding carboxylic acids is 1. The Morgan fingerprint density at radius 1 is 1.35 bits per heavy atom. The lowest BCUT2D eigenvalue weighted by Gasteiger charge is -2.21. The number of likely N-dealkylation sites (tertiary alicyclic amines) is 1. The Morgan fingerprint density at radius 3 is 2.55 bits per heavy atom. The fourth-order valence-electron chi connectivity index (χ4n) is 2.29. The van der Waals surface area contributed by atoms with Crippen LogP contribution in [0.2, 0.25) is 0 Å². The Labute approximate surface area is 118 Å². The molecule has 2 atom stereocenters.